The topological polar surface area (TPSA) is 182 Å². The number of phosphoric ester groups is 1. The lowest BCUT2D eigenvalue weighted by atomic mass is 10.1. The summed E-state index contributed by atoms with van der Waals surface area (Å²) in [7, 11) is -3.04. The highest BCUT2D eigenvalue weighted by molar-refractivity contribution is 7.46. The van der Waals surface area contributed by atoms with E-state index >= 15 is 0 Å². The van der Waals surface area contributed by atoms with Gasteiger partial charge in [-0.15, -0.1) is 0 Å². The smallest absolute Gasteiger partial charge is 0.469 e. The Hall–Kier alpha value is -4.18. The number of aromatic nitrogens is 4. The summed E-state index contributed by atoms with van der Waals surface area (Å²) in [5.41, 5.74) is 1.52. The predicted molar refractivity (Wildman–Crippen MR) is 166 cm³/mol. The summed E-state index contributed by atoms with van der Waals surface area (Å²) >= 11 is 0. The third-order valence-corrected chi connectivity index (χ3v) is 7.73. The van der Waals surface area contributed by atoms with Crippen LogP contribution in [0.15, 0.2) is 55.1 Å². The molecule has 15 nitrogen and oxygen atoms in total. The minimum absolute atomic E-state index is 0.0834. The highest BCUT2D eigenvalue weighted by Gasteiger charge is 2.23. The number of nitrogens with one attached hydrogen (secondary N) is 2. The third-order valence-electron chi connectivity index (χ3n) is 7.21. The van der Waals surface area contributed by atoms with E-state index in [-0.39, 0.29) is 31.7 Å². The summed E-state index contributed by atoms with van der Waals surface area (Å²) in [5.74, 6) is 0.592. The summed E-state index contributed by atoms with van der Waals surface area (Å²) in [6.45, 7) is 2.11. The molecule has 46 heavy (non-hydrogen) atoms. The number of methoxy groups -OCH3 is 1. The van der Waals surface area contributed by atoms with Crippen molar-refractivity contribution < 1.29 is 42.3 Å². The Balaban J connectivity index is 1.23. The number of anilines is 3. The van der Waals surface area contributed by atoms with Gasteiger partial charge in [0.2, 0.25) is 5.91 Å². The van der Waals surface area contributed by atoms with Crippen LogP contribution in [0.3, 0.4) is 0 Å². The summed E-state index contributed by atoms with van der Waals surface area (Å²) in [6, 6.07) is 9.31. The van der Waals surface area contributed by atoms with Crippen LogP contribution < -0.4 is 20.1 Å². The van der Waals surface area contributed by atoms with E-state index in [9.17, 15) is 13.8 Å². The average molecular weight is 660 g/mol. The fraction of sp³-hybridized carbons (Fsp3) is 0.379. The molecule has 1 amide bonds. The summed E-state index contributed by atoms with van der Waals surface area (Å²) < 4.78 is 47.9. The van der Waals surface area contributed by atoms with Crippen LogP contribution in [0.5, 0.6) is 11.5 Å². The van der Waals surface area contributed by atoms with Crippen LogP contribution >= 0.6 is 7.82 Å². The first-order valence-corrected chi connectivity index (χ1v) is 16.0. The van der Waals surface area contributed by atoms with Crippen LogP contribution in [0.1, 0.15) is 12.8 Å². The van der Waals surface area contributed by atoms with Gasteiger partial charge >= 0.3 is 7.82 Å². The number of hydrogen-bond acceptors (Lipinski definition) is 11. The van der Waals surface area contributed by atoms with Crippen molar-refractivity contribution in [2.24, 2.45) is 0 Å². The van der Waals surface area contributed by atoms with Gasteiger partial charge in [0.05, 0.1) is 31.1 Å². The van der Waals surface area contributed by atoms with Crippen LogP contribution in [0.25, 0.3) is 10.9 Å². The number of amides is 1. The fourth-order valence-electron chi connectivity index (χ4n) is 5.08. The average Bonchev–Trinajstić information content (AvgIpc) is 3.46. The number of hydrogen-bond donors (Lipinski definition) is 4. The lowest BCUT2D eigenvalue weighted by molar-refractivity contribution is -0.116. The minimum atomic E-state index is -4.56. The Morgan fingerprint density at radius 3 is 2.70 bits per heavy atom. The van der Waals surface area contributed by atoms with Crippen molar-refractivity contribution in [2.75, 3.05) is 57.3 Å². The molecule has 0 radical (unpaired) electrons. The molecule has 0 atom stereocenters. The number of phosphoric acid groups is 1. The maximum absolute atomic E-state index is 13.4. The van der Waals surface area contributed by atoms with Crippen molar-refractivity contribution in [3.63, 3.8) is 0 Å². The number of benzene rings is 2. The van der Waals surface area contributed by atoms with Gasteiger partial charge in [0.1, 0.15) is 31.1 Å². The monoisotopic (exact) mass is 659 g/mol. The number of nitrogens with zero attached hydrogens (tertiary/aromatic N) is 5. The number of halogens is 1. The molecule has 2 aromatic carbocycles. The zero-order chi connectivity index (χ0) is 32.5. The van der Waals surface area contributed by atoms with Crippen molar-refractivity contribution in [1.29, 1.82) is 0 Å². The molecule has 0 unspecified atom stereocenters. The number of fused-ring (bicyclic) bond motifs is 1. The summed E-state index contributed by atoms with van der Waals surface area (Å²) in [5, 5.41) is 10.7. The second kappa shape index (κ2) is 15.4. The molecule has 1 fully saturated rings. The Morgan fingerprint density at radius 2 is 1.93 bits per heavy atom. The van der Waals surface area contributed by atoms with Gasteiger partial charge in [0, 0.05) is 55.7 Å². The molecule has 5 rings (SSSR count). The second-order valence-corrected chi connectivity index (χ2v) is 11.6. The fourth-order valence-corrected chi connectivity index (χ4v) is 5.40. The Labute approximate surface area is 263 Å². The van der Waals surface area contributed by atoms with E-state index in [1.165, 1.54) is 36.3 Å². The third kappa shape index (κ3) is 9.42. The van der Waals surface area contributed by atoms with Crippen LogP contribution in [0.4, 0.5) is 21.6 Å². The van der Waals surface area contributed by atoms with Crippen molar-refractivity contribution in [3.8, 4) is 11.5 Å². The molecule has 4 N–H and O–H groups in total. The molecule has 1 saturated heterocycles. The lowest BCUT2D eigenvalue weighted by Crippen LogP contribution is -2.43. The lowest BCUT2D eigenvalue weighted by Gasteiger charge is -2.34. The van der Waals surface area contributed by atoms with Gasteiger partial charge in [0.25, 0.3) is 0 Å². The molecule has 17 heteroatoms. The maximum Gasteiger partial charge on any atom is 0.469 e. The summed E-state index contributed by atoms with van der Waals surface area (Å²) in [4.78, 5) is 41.4. The van der Waals surface area contributed by atoms with Gasteiger partial charge in [-0.1, -0.05) is 6.07 Å². The van der Waals surface area contributed by atoms with Gasteiger partial charge in [-0.05, 0) is 37.1 Å². The first kappa shape index (κ1) is 33.2. The molecule has 1 aliphatic rings. The van der Waals surface area contributed by atoms with Gasteiger partial charge in [0.15, 0.2) is 11.5 Å². The van der Waals surface area contributed by atoms with Crippen molar-refractivity contribution in [1.82, 2.24) is 24.6 Å². The number of carbonyl (C=O) groups excluding carboxylic acids is 1. The van der Waals surface area contributed by atoms with Crippen LogP contribution in [-0.4, -0.2) is 93.0 Å². The van der Waals surface area contributed by atoms with E-state index in [2.05, 4.69) is 35.1 Å². The highest BCUT2D eigenvalue weighted by Crippen LogP contribution is 2.36. The molecule has 4 aromatic rings. The van der Waals surface area contributed by atoms with E-state index in [0.29, 0.717) is 65.9 Å². The highest BCUT2D eigenvalue weighted by atomic mass is 31.2. The second-order valence-electron chi connectivity index (χ2n) is 10.4. The molecule has 2 aromatic heterocycles. The number of rotatable bonds is 15. The van der Waals surface area contributed by atoms with Crippen LogP contribution in [0, 0.1) is 5.82 Å². The van der Waals surface area contributed by atoms with Gasteiger partial charge in [-0.3, -0.25) is 18.9 Å². The first-order valence-electron chi connectivity index (χ1n) is 14.5. The Morgan fingerprint density at radius 1 is 1.13 bits per heavy atom. The molecular formula is C29H35FN7O8P. The standard InChI is InChI=1S/C29H35FN7O8P/c1-42-26-14-24-25(15-27(26)44-11-7-36(8-12-45-46(39,40)41)23-5-9-43-10-6-23)31-19-32-29(24)35-22-16-33-37(17-22)18-28(38)34-21-4-2-3-20(30)13-21/h2-4,13-17,19,23H,5-12,18H2,1H3,(H,34,38)(H,31,32,35)(H2,39,40,41). The molecule has 246 valence electrons. The van der Waals surface area contributed by atoms with E-state index in [4.69, 9.17) is 24.0 Å². The summed E-state index contributed by atoms with van der Waals surface area (Å²) in [6.07, 6.45) is 6.19. The van der Waals surface area contributed by atoms with Crippen molar-refractivity contribution >= 4 is 41.8 Å². The largest absolute Gasteiger partial charge is 0.493 e. The molecule has 0 aliphatic carbocycles. The number of carbonyl (C=O) groups is 1. The van der Waals surface area contributed by atoms with Gasteiger partial charge in [-0.2, -0.15) is 5.10 Å². The Kier molecular flexibility index (Phi) is 11.1. The zero-order valence-electron chi connectivity index (χ0n) is 25.0. The van der Waals surface area contributed by atoms with Gasteiger partial charge in [-0.25, -0.2) is 18.9 Å². The molecule has 3 heterocycles. The maximum atomic E-state index is 13.4. The number of ether oxygens (including phenoxy) is 3. The van der Waals surface area contributed by atoms with Crippen LogP contribution in [-0.2, 0) is 25.2 Å². The van der Waals surface area contributed by atoms with E-state index in [1.807, 2.05) is 0 Å². The Bertz CT molecular complexity index is 1680. The molecular weight excluding hydrogens is 624 g/mol. The van der Waals surface area contributed by atoms with Crippen LogP contribution in [0.2, 0.25) is 0 Å². The minimum Gasteiger partial charge on any atom is -0.493 e. The van der Waals surface area contributed by atoms with E-state index in [0.717, 1.165) is 12.8 Å². The van der Waals surface area contributed by atoms with E-state index in [1.54, 1.807) is 30.6 Å². The molecule has 0 spiro atoms. The SMILES string of the molecule is COc1cc2c(Nc3cnn(CC(=O)Nc4cccc(F)c4)c3)ncnc2cc1OCCN(CCOP(=O)(O)O)C1CCOCC1. The van der Waals surface area contributed by atoms with Crippen molar-refractivity contribution in [2.45, 2.75) is 25.4 Å². The van der Waals surface area contributed by atoms with E-state index < -0.39 is 13.6 Å². The predicted octanol–water partition coefficient (Wildman–Crippen LogP) is 3.33. The van der Waals surface area contributed by atoms with Crippen molar-refractivity contribution in [3.05, 3.63) is 60.9 Å². The quantitative estimate of drug-likeness (QED) is 0.137. The normalized spacial score (nSPS) is 14.0. The van der Waals surface area contributed by atoms with Gasteiger partial charge < -0.3 is 34.6 Å². The molecule has 1 aliphatic heterocycles. The molecule has 0 bridgehead atoms. The molecule has 0 saturated carbocycles. The first-order chi connectivity index (χ1) is 22.2. The zero-order valence-corrected chi connectivity index (χ0v) is 25.9.